The summed E-state index contributed by atoms with van der Waals surface area (Å²) in [7, 11) is 0. The van der Waals surface area contributed by atoms with Crippen molar-refractivity contribution in [3.8, 4) is 0 Å². The number of hydrogen-bond acceptors (Lipinski definition) is 4. The number of nitrogens with zero attached hydrogens (tertiary/aromatic N) is 3. The Balaban J connectivity index is 1.35. The number of hydrogen-bond donors (Lipinski definition) is 0. The standard InChI is InChI=1S/C24H27N3O/c1-2-7-19(8-3-1)22-21-9-5-4-6-18(21)10-15-27(22)23-25-16-24(28-23)17-26-13-11-20(24)12-14-26/h1-9,20,22H,10-17H2/t22-,24-/m0/s1. The van der Waals surface area contributed by atoms with Crippen LogP contribution in [0.2, 0.25) is 0 Å². The summed E-state index contributed by atoms with van der Waals surface area (Å²) in [5, 5.41) is 0. The number of fused-ring (bicyclic) bond motifs is 3. The maximum Gasteiger partial charge on any atom is 0.288 e. The monoisotopic (exact) mass is 373 g/mol. The molecule has 0 aliphatic carbocycles. The van der Waals surface area contributed by atoms with Gasteiger partial charge in [-0.3, -0.25) is 4.90 Å². The molecule has 7 rings (SSSR count). The number of aliphatic imine (C=N–C) groups is 1. The molecular formula is C24H27N3O. The molecule has 5 heterocycles. The summed E-state index contributed by atoms with van der Waals surface area (Å²) in [5.41, 5.74) is 4.07. The van der Waals surface area contributed by atoms with Gasteiger partial charge in [0.1, 0.15) is 5.60 Å². The number of amidine groups is 1. The molecule has 0 aromatic heterocycles. The van der Waals surface area contributed by atoms with Crippen LogP contribution < -0.4 is 0 Å². The van der Waals surface area contributed by atoms with Gasteiger partial charge in [0.25, 0.3) is 6.02 Å². The van der Waals surface area contributed by atoms with Crippen molar-refractivity contribution in [2.75, 3.05) is 32.7 Å². The number of rotatable bonds is 1. The Hall–Kier alpha value is -2.33. The van der Waals surface area contributed by atoms with Gasteiger partial charge in [0.2, 0.25) is 0 Å². The van der Waals surface area contributed by atoms with Crippen LogP contribution in [-0.4, -0.2) is 54.1 Å². The fourth-order valence-electron chi connectivity index (χ4n) is 5.78. The lowest BCUT2D eigenvalue weighted by molar-refractivity contribution is -0.0895. The maximum atomic E-state index is 6.76. The highest BCUT2D eigenvalue weighted by molar-refractivity contribution is 5.78. The zero-order chi connectivity index (χ0) is 18.6. The first kappa shape index (κ1) is 16.6. The molecule has 2 atom stereocenters. The molecule has 0 unspecified atom stereocenters. The first-order valence-corrected chi connectivity index (χ1v) is 10.7. The first-order valence-electron chi connectivity index (χ1n) is 10.7. The molecule has 3 fully saturated rings. The molecule has 5 aliphatic heterocycles. The van der Waals surface area contributed by atoms with E-state index in [-0.39, 0.29) is 11.6 Å². The smallest absolute Gasteiger partial charge is 0.288 e. The second-order valence-electron chi connectivity index (χ2n) is 8.77. The topological polar surface area (TPSA) is 28.1 Å². The Bertz CT molecular complexity index is 903. The Morgan fingerprint density at radius 2 is 1.71 bits per heavy atom. The van der Waals surface area contributed by atoms with E-state index in [9.17, 15) is 0 Å². The predicted octanol–water partition coefficient (Wildman–Crippen LogP) is 3.48. The SMILES string of the molecule is c1ccc([C@H]2c3ccccc3CCN2C2=NC[C@@]3(CN4CCC3CC4)O2)cc1. The summed E-state index contributed by atoms with van der Waals surface area (Å²) < 4.78 is 6.76. The van der Waals surface area contributed by atoms with Gasteiger partial charge in [0, 0.05) is 19.0 Å². The molecule has 4 heteroatoms. The van der Waals surface area contributed by atoms with E-state index in [1.807, 2.05) is 0 Å². The number of ether oxygens (including phenoxy) is 1. The van der Waals surface area contributed by atoms with Gasteiger partial charge in [-0.1, -0.05) is 54.6 Å². The summed E-state index contributed by atoms with van der Waals surface area (Å²) in [6.45, 7) is 5.29. The number of benzene rings is 2. The van der Waals surface area contributed by atoms with Crippen LogP contribution in [0.15, 0.2) is 59.6 Å². The molecule has 0 saturated carbocycles. The average Bonchev–Trinajstić information content (AvgIpc) is 3.17. The van der Waals surface area contributed by atoms with E-state index in [0.29, 0.717) is 5.92 Å². The second-order valence-corrected chi connectivity index (χ2v) is 8.77. The molecule has 1 spiro atoms. The molecule has 2 aromatic carbocycles. The quantitative estimate of drug-likeness (QED) is 0.766. The Morgan fingerprint density at radius 3 is 2.50 bits per heavy atom. The highest BCUT2D eigenvalue weighted by Crippen LogP contribution is 2.43. The van der Waals surface area contributed by atoms with Gasteiger partial charge in [0.05, 0.1) is 12.6 Å². The van der Waals surface area contributed by atoms with Crippen molar-refractivity contribution >= 4 is 6.02 Å². The summed E-state index contributed by atoms with van der Waals surface area (Å²) in [5.74, 6) is 0.658. The largest absolute Gasteiger partial charge is 0.455 e. The van der Waals surface area contributed by atoms with E-state index >= 15 is 0 Å². The summed E-state index contributed by atoms with van der Waals surface area (Å²) in [6.07, 6.45) is 3.56. The van der Waals surface area contributed by atoms with Gasteiger partial charge >= 0.3 is 0 Å². The van der Waals surface area contributed by atoms with Crippen LogP contribution in [0.25, 0.3) is 0 Å². The lowest BCUT2D eigenvalue weighted by Gasteiger charge is -2.50. The van der Waals surface area contributed by atoms with Crippen LogP contribution in [0.3, 0.4) is 0 Å². The Kier molecular flexibility index (Phi) is 3.76. The third-order valence-corrected chi connectivity index (χ3v) is 7.24. The molecule has 2 bridgehead atoms. The minimum absolute atomic E-state index is 0.0793. The minimum Gasteiger partial charge on any atom is -0.455 e. The van der Waals surface area contributed by atoms with Crippen LogP contribution in [0.5, 0.6) is 0 Å². The normalized spacial score (nSPS) is 33.5. The second kappa shape index (κ2) is 6.35. The number of piperidine rings is 3. The summed E-state index contributed by atoms with van der Waals surface area (Å²) >= 11 is 0. The molecular weight excluding hydrogens is 346 g/mol. The van der Waals surface area contributed by atoms with Crippen LogP contribution >= 0.6 is 0 Å². The van der Waals surface area contributed by atoms with Gasteiger partial charge in [0.15, 0.2) is 0 Å². The van der Waals surface area contributed by atoms with Gasteiger partial charge in [-0.15, -0.1) is 0 Å². The van der Waals surface area contributed by atoms with Gasteiger partial charge in [-0.2, -0.15) is 0 Å². The molecule has 4 nitrogen and oxygen atoms in total. The summed E-state index contributed by atoms with van der Waals surface area (Å²) in [6, 6.07) is 20.7. The van der Waals surface area contributed by atoms with E-state index < -0.39 is 0 Å². The summed E-state index contributed by atoms with van der Waals surface area (Å²) in [4.78, 5) is 9.99. The lowest BCUT2D eigenvalue weighted by Crippen LogP contribution is -2.61. The van der Waals surface area contributed by atoms with Gasteiger partial charge in [-0.25, -0.2) is 4.99 Å². The van der Waals surface area contributed by atoms with Crippen LogP contribution in [0.4, 0.5) is 0 Å². The van der Waals surface area contributed by atoms with Crippen molar-refractivity contribution in [1.82, 2.24) is 9.80 Å². The Morgan fingerprint density at radius 1 is 0.929 bits per heavy atom. The third kappa shape index (κ3) is 2.51. The molecule has 0 N–H and O–H groups in total. The molecule has 0 radical (unpaired) electrons. The van der Waals surface area contributed by atoms with Crippen LogP contribution in [0, 0.1) is 5.92 Å². The predicted molar refractivity (Wildman–Crippen MR) is 110 cm³/mol. The minimum atomic E-state index is -0.0793. The van der Waals surface area contributed by atoms with Crippen molar-refractivity contribution in [2.45, 2.75) is 30.9 Å². The zero-order valence-corrected chi connectivity index (χ0v) is 16.3. The van der Waals surface area contributed by atoms with Crippen molar-refractivity contribution in [2.24, 2.45) is 10.9 Å². The molecule has 5 aliphatic rings. The van der Waals surface area contributed by atoms with Crippen molar-refractivity contribution in [3.63, 3.8) is 0 Å². The molecule has 2 aromatic rings. The fourth-order valence-corrected chi connectivity index (χ4v) is 5.78. The first-order chi connectivity index (χ1) is 13.8. The van der Waals surface area contributed by atoms with Crippen molar-refractivity contribution in [3.05, 3.63) is 71.3 Å². The zero-order valence-electron chi connectivity index (χ0n) is 16.3. The van der Waals surface area contributed by atoms with Crippen molar-refractivity contribution in [1.29, 1.82) is 0 Å². The highest BCUT2D eigenvalue weighted by Gasteiger charge is 2.52. The van der Waals surface area contributed by atoms with Gasteiger partial charge < -0.3 is 9.64 Å². The van der Waals surface area contributed by atoms with Crippen LogP contribution in [0.1, 0.15) is 35.6 Å². The third-order valence-electron chi connectivity index (χ3n) is 7.24. The Labute approximate surface area is 166 Å². The van der Waals surface area contributed by atoms with E-state index in [2.05, 4.69) is 64.4 Å². The lowest BCUT2D eigenvalue weighted by atomic mass is 9.75. The average molecular weight is 374 g/mol. The van der Waals surface area contributed by atoms with E-state index in [1.165, 1.54) is 42.6 Å². The van der Waals surface area contributed by atoms with Crippen molar-refractivity contribution < 1.29 is 4.74 Å². The molecule has 144 valence electrons. The molecule has 3 saturated heterocycles. The maximum absolute atomic E-state index is 6.76. The highest BCUT2D eigenvalue weighted by atomic mass is 16.5. The molecule has 28 heavy (non-hydrogen) atoms. The van der Waals surface area contributed by atoms with E-state index in [1.54, 1.807) is 0 Å². The van der Waals surface area contributed by atoms with E-state index in [0.717, 1.165) is 32.1 Å². The van der Waals surface area contributed by atoms with Crippen LogP contribution in [-0.2, 0) is 11.2 Å². The molecule has 0 amide bonds. The van der Waals surface area contributed by atoms with E-state index in [4.69, 9.17) is 9.73 Å². The van der Waals surface area contributed by atoms with Gasteiger partial charge in [-0.05, 0) is 49.0 Å². The fraction of sp³-hybridized carbons (Fsp3) is 0.458.